The third kappa shape index (κ3) is 31.5. The number of aliphatic imine (C=N–C) groups is 2. The number of carboxylic acids is 2. The molecular formula is C48H80N2O8. The predicted octanol–water partition coefficient (Wildman–Crippen LogP) is 11.9. The molecule has 2 atom stereocenters. The first-order valence-corrected chi connectivity index (χ1v) is 22.8. The molecule has 0 fully saturated rings. The van der Waals surface area contributed by atoms with E-state index in [4.69, 9.17) is 19.7 Å². The fraction of sp³-hybridized carbons (Fsp3) is 0.708. The minimum atomic E-state index is -1.06. The molecule has 3 rings (SSSR count). The van der Waals surface area contributed by atoms with E-state index in [1.54, 1.807) is 0 Å². The lowest BCUT2D eigenvalue weighted by molar-refractivity contribution is 0.0681. The van der Waals surface area contributed by atoms with Gasteiger partial charge in [0.15, 0.2) is 11.8 Å². The van der Waals surface area contributed by atoms with Gasteiger partial charge < -0.3 is 29.9 Å². The number of ether oxygens (including phenoxy) is 2. The van der Waals surface area contributed by atoms with Crippen molar-refractivity contribution in [1.82, 2.24) is 0 Å². The highest BCUT2D eigenvalue weighted by Gasteiger charge is 2.08. The van der Waals surface area contributed by atoms with E-state index >= 15 is 0 Å². The Labute approximate surface area is 351 Å². The Bertz CT molecular complexity index is 1180. The van der Waals surface area contributed by atoms with Crippen LogP contribution in [-0.2, 0) is 9.47 Å². The number of aliphatic hydroxyl groups excluding tert-OH is 2. The summed E-state index contributed by atoms with van der Waals surface area (Å²) >= 11 is 0. The monoisotopic (exact) mass is 813 g/mol. The number of aliphatic hydroxyl groups is 2. The zero-order valence-corrected chi connectivity index (χ0v) is 36.3. The lowest BCUT2D eigenvalue weighted by Crippen LogP contribution is -2.04. The number of rotatable bonds is 32. The number of benzene rings is 1. The number of unbranched alkanes of at least 4 members (excludes halogenated alkanes) is 16. The van der Waals surface area contributed by atoms with Gasteiger partial charge in [0.05, 0.1) is 36.4 Å². The normalized spacial score (nSPS) is 14.5. The van der Waals surface area contributed by atoms with Gasteiger partial charge in [0.25, 0.3) is 0 Å². The van der Waals surface area contributed by atoms with E-state index in [9.17, 15) is 19.8 Å². The van der Waals surface area contributed by atoms with Gasteiger partial charge in [-0.15, -0.1) is 0 Å². The highest BCUT2D eigenvalue weighted by molar-refractivity contribution is 5.91. The molecule has 2 unspecified atom stereocenters. The Morgan fingerprint density at radius 1 is 0.552 bits per heavy atom. The van der Waals surface area contributed by atoms with Crippen LogP contribution in [0.15, 0.2) is 58.6 Å². The number of hydrogen-bond acceptors (Lipinski definition) is 8. The molecule has 0 radical (unpaired) electrons. The third-order valence-electron chi connectivity index (χ3n) is 10.1. The first-order valence-electron chi connectivity index (χ1n) is 22.8. The van der Waals surface area contributed by atoms with Crippen molar-refractivity contribution in [1.29, 1.82) is 0 Å². The Kier molecular flexibility index (Phi) is 34.2. The number of aromatic carboxylic acids is 2. The lowest BCUT2D eigenvalue weighted by atomic mass is 10.1. The van der Waals surface area contributed by atoms with E-state index in [2.05, 4.69) is 48.1 Å². The van der Waals surface area contributed by atoms with Gasteiger partial charge >= 0.3 is 11.9 Å². The van der Waals surface area contributed by atoms with Crippen LogP contribution < -0.4 is 0 Å². The first kappa shape index (κ1) is 52.5. The van der Waals surface area contributed by atoms with E-state index in [0.29, 0.717) is 0 Å². The molecule has 58 heavy (non-hydrogen) atoms. The predicted molar refractivity (Wildman–Crippen MR) is 239 cm³/mol. The van der Waals surface area contributed by atoms with Crippen LogP contribution >= 0.6 is 0 Å². The van der Waals surface area contributed by atoms with Crippen LogP contribution in [0.5, 0.6) is 0 Å². The zero-order valence-electron chi connectivity index (χ0n) is 36.3. The molecule has 2 aliphatic rings. The van der Waals surface area contributed by atoms with Crippen molar-refractivity contribution in [2.75, 3.05) is 26.3 Å². The largest absolute Gasteiger partial charge is 0.479 e. The minimum absolute atomic E-state index is 0.0833. The summed E-state index contributed by atoms with van der Waals surface area (Å²) in [7, 11) is 0. The summed E-state index contributed by atoms with van der Waals surface area (Å²) in [5.41, 5.74) is 0.167. The zero-order chi connectivity index (χ0) is 42.3. The maximum Gasteiger partial charge on any atom is 0.335 e. The molecule has 10 heteroatoms. The van der Waals surface area contributed by atoms with Crippen LogP contribution in [0.4, 0.5) is 0 Å². The Hall–Kier alpha value is -3.50. The van der Waals surface area contributed by atoms with Gasteiger partial charge in [-0.1, -0.05) is 128 Å². The van der Waals surface area contributed by atoms with Crippen molar-refractivity contribution in [2.24, 2.45) is 9.98 Å². The molecule has 0 spiro atoms. The second kappa shape index (κ2) is 37.7. The van der Waals surface area contributed by atoms with Crippen LogP contribution in [0.25, 0.3) is 0 Å². The fourth-order valence-electron chi connectivity index (χ4n) is 6.55. The van der Waals surface area contributed by atoms with Crippen molar-refractivity contribution in [3.8, 4) is 0 Å². The first-order chi connectivity index (χ1) is 28.3. The molecule has 1 aromatic carbocycles. The second-order valence-corrected chi connectivity index (χ2v) is 15.5. The molecule has 0 aromatic heterocycles. The summed E-state index contributed by atoms with van der Waals surface area (Å²) in [6.45, 7) is 7.70. The molecule has 4 N–H and O–H groups in total. The van der Waals surface area contributed by atoms with Gasteiger partial charge in [-0.3, -0.25) is 9.98 Å². The van der Waals surface area contributed by atoms with Gasteiger partial charge in [-0.05, 0) is 88.5 Å². The highest BCUT2D eigenvalue weighted by atomic mass is 16.5. The van der Waals surface area contributed by atoms with Crippen LogP contribution in [0, 0.1) is 0 Å². The molecule has 0 saturated heterocycles. The van der Waals surface area contributed by atoms with Crippen LogP contribution in [-0.4, -0.2) is 82.7 Å². The Morgan fingerprint density at radius 3 is 1.24 bits per heavy atom. The van der Waals surface area contributed by atoms with E-state index in [1.165, 1.54) is 127 Å². The quantitative estimate of drug-likeness (QED) is 0.0413. The maximum absolute atomic E-state index is 10.3. The number of carbonyl (C=O) groups is 2. The summed E-state index contributed by atoms with van der Waals surface area (Å²) in [6.07, 6.45) is 39.3. The molecule has 0 bridgehead atoms. The van der Waals surface area contributed by atoms with E-state index in [-0.39, 0.29) is 23.3 Å². The van der Waals surface area contributed by atoms with Gasteiger partial charge in [0, 0.05) is 12.8 Å². The van der Waals surface area contributed by atoms with Crippen molar-refractivity contribution in [2.45, 2.75) is 193 Å². The van der Waals surface area contributed by atoms with Crippen molar-refractivity contribution >= 4 is 23.7 Å². The standard InChI is InChI=1S/2C20H37NO2.C8H6O4/c2*1-2-3-11-14-19(22)15-12-9-7-5-4-6-8-10-13-16-20-21-17-18-23-20;9-7(10)5-1-2-6(4-3-5)8(11)12/h2*9,12,19,22H,2-8,10-11,13-18H2,1H3;1-4H,(H,9,10)(H,11,12). The van der Waals surface area contributed by atoms with E-state index in [1.807, 2.05) is 0 Å². The van der Waals surface area contributed by atoms with Crippen LogP contribution in [0.1, 0.15) is 202 Å². The van der Waals surface area contributed by atoms with E-state index < -0.39 is 11.9 Å². The third-order valence-corrected chi connectivity index (χ3v) is 10.1. The fourth-order valence-corrected chi connectivity index (χ4v) is 6.55. The molecule has 1 aromatic rings. The molecule has 0 amide bonds. The van der Waals surface area contributed by atoms with Gasteiger partial charge in [0.2, 0.25) is 0 Å². The van der Waals surface area contributed by atoms with Crippen molar-refractivity contribution in [3.05, 3.63) is 59.7 Å². The van der Waals surface area contributed by atoms with Crippen LogP contribution in [0.3, 0.4) is 0 Å². The summed E-state index contributed by atoms with van der Waals surface area (Å²) < 4.78 is 10.8. The van der Waals surface area contributed by atoms with Crippen molar-refractivity contribution < 1.29 is 39.5 Å². The Balaban J connectivity index is 0.000000457. The van der Waals surface area contributed by atoms with Gasteiger partial charge in [-0.25, -0.2) is 9.59 Å². The van der Waals surface area contributed by atoms with Gasteiger partial charge in [0.1, 0.15) is 13.2 Å². The minimum Gasteiger partial charge on any atom is -0.479 e. The second-order valence-electron chi connectivity index (χ2n) is 15.5. The molecule has 2 heterocycles. The summed E-state index contributed by atoms with van der Waals surface area (Å²) in [4.78, 5) is 29.3. The SMILES string of the molecule is CCCCCC(O)CC=CCCCCCCCCC1=NCCO1.CCCCCC(O)CC=CCCCCCCCCC1=NCCO1.O=C(O)c1ccc(C(=O)O)cc1. The molecule has 2 aliphatic heterocycles. The molecule has 0 saturated carbocycles. The maximum atomic E-state index is 10.3. The number of allylic oxidation sites excluding steroid dienone is 2. The number of hydrogen-bond donors (Lipinski definition) is 4. The smallest absolute Gasteiger partial charge is 0.335 e. The average molecular weight is 813 g/mol. The summed E-state index contributed by atoms with van der Waals surface area (Å²) in [5.74, 6) is -0.169. The highest BCUT2D eigenvalue weighted by Crippen LogP contribution is 2.14. The summed E-state index contributed by atoms with van der Waals surface area (Å²) in [6, 6.07) is 5.02. The van der Waals surface area contributed by atoms with Crippen molar-refractivity contribution in [3.63, 3.8) is 0 Å². The van der Waals surface area contributed by atoms with E-state index in [0.717, 1.165) is 102 Å². The van der Waals surface area contributed by atoms with Gasteiger partial charge in [-0.2, -0.15) is 0 Å². The molecular weight excluding hydrogens is 733 g/mol. The number of nitrogens with zero attached hydrogens (tertiary/aromatic N) is 2. The summed E-state index contributed by atoms with van der Waals surface area (Å²) in [5, 5.41) is 36.6. The average Bonchev–Trinajstić information content (AvgIpc) is 3.95. The lowest BCUT2D eigenvalue weighted by Gasteiger charge is -2.06. The number of carboxylic acid groups (broad SMARTS) is 2. The molecule has 0 aliphatic carbocycles. The Morgan fingerprint density at radius 2 is 0.914 bits per heavy atom. The topological polar surface area (TPSA) is 158 Å². The van der Waals surface area contributed by atoms with Crippen LogP contribution in [0.2, 0.25) is 0 Å². The molecule has 330 valence electrons. The molecule has 10 nitrogen and oxygen atoms in total.